The van der Waals surface area contributed by atoms with E-state index in [4.69, 9.17) is 0 Å². The highest BCUT2D eigenvalue weighted by atomic mass is 16.2. The Morgan fingerprint density at radius 2 is 1.50 bits per heavy atom. The van der Waals surface area contributed by atoms with E-state index in [0.29, 0.717) is 38.3 Å². The quantitative estimate of drug-likeness (QED) is 0.674. The van der Waals surface area contributed by atoms with E-state index in [2.05, 4.69) is 9.55 Å². The number of piperazine rings is 1. The number of aryl methyl sites for hydroxylation is 1. The van der Waals surface area contributed by atoms with Crippen molar-refractivity contribution < 1.29 is 9.59 Å². The second-order valence-corrected chi connectivity index (χ2v) is 7.64. The first kappa shape index (κ1) is 19.9. The number of aromatic nitrogens is 2. The van der Waals surface area contributed by atoms with Crippen molar-refractivity contribution in [1.82, 2.24) is 19.4 Å². The average Bonchev–Trinajstić information content (AvgIpc) is 3.08. The van der Waals surface area contributed by atoms with Crippen LogP contribution in [0.5, 0.6) is 0 Å². The molecule has 0 unspecified atom stereocenters. The Morgan fingerprint density at radius 3 is 2.13 bits per heavy atom. The van der Waals surface area contributed by atoms with Crippen LogP contribution in [0.15, 0.2) is 60.8 Å². The van der Waals surface area contributed by atoms with Crippen LogP contribution in [0.25, 0.3) is 0 Å². The molecule has 1 saturated heterocycles. The summed E-state index contributed by atoms with van der Waals surface area (Å²) in [5.41, 5.74) is 4.37. The fraction of sp³-hybridized carbons (Fsp3) is 0.292. The lowest BCUT2D eigenvalue weighted by atomic mass is 10.1. The largest absolute Gasteiger partial charge is 0.342 e. The summed E-state index contributed by atoms with van der Waals surface area (Å²) < 4.78 is 2.13. The number of pyridine rings is 1. The maximum atomic E-state index is 13.2. The van der Waals surface area contributed by atoms with E-state index in [9.17, 15) is 9.59 Å². The summed E-state index contributed by atoms with van der Waals surface area (Å²) >= 11 is 0. The number of rotatable bonds is 4. The van der Waals surface area contributed by atoms with E-state index < -0.39 is 0 Å². The van der Waals surface area contributed by atoms with Crippen molar-refractivity contribution in [3.8, 4) is 0 Å². The van der Waals surface area contributed by atoms with E-state index in [1.165, 1.54) is 0 Å². The van der Waals surface area contributed by atoms with Crippen LogP contribution in [-0.2, 0) is 6.54 Å². The lowest BCUT2D eigenvalue weighted by Gasteiger charge is -2.34. The molecule has 0 bridgehead atoms. The molecular formula is C24H26N4O2. The summed E-state index contributed by atoms with van der Waals surface area (Å²) in [6.45, 7) is 6.83. The smallest absolute Gasteiger partial charge is 0.255 e. The molecule has 1 aromatic carbocycles. The third-order valence-electron chi connectivity index (χ3n) is 5.73. The fourth-order valence-corrected chi connectivity index (χ4v) is 3.96. The zero-order valence-corrected chi connectivity index (χ0v) is 17.4. The van der Waals surface area contributed by atoms with E-state index in [1.54, 1.807) is 6.20 Å². The van der Waals surface area contributed by atoms with Gasteiger partial charge < -0.3 is 14.4 Å². The SMILES string of the molecule is Cc1cc(C(=O)N2CCN(C(=O)c3ccccc3)CC2)c(C)n1Cc1ccccn1. The van der Waals surface area contributed by atoms with Gasteiger partial charge in [-0.3, -0.25) is 14.6 Å². The molecule has 1 aliphatic heterocycles. The summed E-state index contributed by atoms with van der Waals surface area (Å²) in [5.74, 6) is 0.0541. The highest BCUT2D eigenvalue weighted by Crippen LogP contribution is 2.20. The van der Waals surface area contributed by atoms with Crippen LogP contribution in [0.2, 0.25) is 0 Å². The molecule has 0 saturated carbocycles. The third kappa shape index (κ3) is 3.99. The molecule has 0 radical (unpaired) electrons. The van der Waals surface area contributed by atoms with Crippen molar-refractivity contribution in [3.63, 3.8) is 0 Å². The van der Waals surface area contributed by atoms with Crippen LogP contribution in [-0.4, -0.2) is 57.3 Å². The second kappa shape index (κ2) is 8.53. The lowest BCUT2D eigenvalue weighted by Crippen LogP contribution is -2.50. The van der Waals surface area contributed by atoms with Gasteiger partial charge in [-0.15, -0.1) is 0 Å². The van der Waals surface area contributed by atoms with Crippen molar-refractivity contribution in [2.75, 3.05) is 26.2 Å². The highest BCUT2D eigenvalue weighted by molar-refractivity contribution is 5.97. The number of hydrogen-bond donors (Lipinski definition) is 0. The van der Waals surface area contributed by atoms with Crippen molar-refractivity contribution in [3.05, 3.63) is 89.0 Å². The van der Waals surface area contributed by atoms with Gasteiger partial charge in [-0.25, -0.2) is 0 Å². The molecule has 0 aliphatic carbocycles. The minimum atomic E-state index is 0.0243. The van der Waals surface area contributed by atoms with E-state index in [1.807, 2.05) is 78.2 Å². The Hall–Kier alpha value is -3.41. The Kier molecular flexibility index (Phi) is 5.65. The van der Waals surface area contributed by atoms with E-state index in [-0.39, 0.29) is 11.8 Å². The zero-order valence-electron chi connectivity index (χ0n) is 17.4. The van der Waals surface area contributed by atoms with Crippen molar-refractivity contribution in [1.29, 1.82) is 0 Å². The normalized spacial score (nSPS) is 14.1. The maximum Gasteiger partial charge on any atom is 0.255 e. The number of amides is 2. The molecule has 0 atom stereocenters. The molecule has 2 amide bonds. The molecule has 0 N–H and O–H groups in total. The molecule has 2 aromatic heterocycles. The van der Waals surface area contributed by atoms with Gasteiger partial charge >= 0.3 is 0 Å². The number of nitrogens with zero attached hydrogens (tertiary/aromatic N) is 4. The van der Waals surface area contributed by atoms with Crippen molar-refractivity contribution >= 4 is 11.8 Å². The molecule has 30 heavy (non-hydrogen) atoms. The van der Waals surface area contributed by atoms with Crippen LogP contribution < -0.4 is 0 Å². The minimum absolute atomic E-state index is 0.0243. The molecule has 3 heterocycles. The van der Waals surface area contributed by atoms with Gasteiger partial charge in [0.05, 0.1) is 17.8 Å². The van der Waals surface area contributed by atoms with Crippen LogP contribution in [0, 0.1) is 13.8 Å². The minimum Gasteiger partial charge on any atom is -0.342 e. The Morgan fingerprint density at radius 1 is 0.867 bits per heavy atom. The van der Waals surface area contributed by atoms with Gasteiger partial charge in [-0.05, 0) is 44.2 Å². The average molecular weight is 402 g/mol. The molecule has 6 heteroatoms. The van der Waals surface area contributed by atoms with Gasteiger partial charge in [-0.1, -0.05) is 24.3 Å². The molecule has 154 valence electrons. The molecule has 4 rings (SSSR count). The van der Waals surface area contributed by atoms with Crippen molar-refractivity contribution in [2.24, 2.45) is 0 Å². The van der Waals surface area contributed by atoms with E-state index >= 15 is 0 Å². The predicted octanol–water partition coefficient (Wildman–Crippen LogP) is 3.15. The van der Waals surface area contributed by atoms with Crippen LogP contribution in [0.3, 0.4) is 0 Å². The molecule has 1 aliphatic rings. The number of hydrogen-bond acceptors (Lipinski definition) is 3. The number of carbonyl (C=O) groups is 2. The van der Waals surface area contributed by atoms with Gasteiger partial charge in [0, 0.05) is 49.3 Å². The van der Waals surface area contributed by atoms with E-state index in [0.717, 1.165) is 22.6 Å². The summed E-state index contributed by atoms with van der Waals surface area (Å²) in [5, 5.41) is 0. The Labute approximate surface area is 176 Å². The Balaban J connectivity index is 1.43. The molecule has 3 aromatic rings. The first-order chi connectivity index (χ1) is 14.5. The molecule has 0 spiro atoms. The van der Waals surface area contributed by atoms with Crippen LogP contribution in [0.4, 0.5) is 0 Å². The van der Waals surface area contributed by atoms with Crippen LogP contribution in [0.1, 0.15) is 37.8 Å². The van der Waals surface area contributed by atoms with Gasteiger partial charge in [0.15, 0.2) is 0 Å². The standard InChI is InChI=1S/C24H26N4O2/c1-18-16-22(19(2)28(18)17-21-10-6-7-11-25-21)24(30)27-14-12-26(13-15-27)23(29)20-8-4-3-5-9-20/h3-11,16H,12-15,17H2,1-2H3. The number of carbonyl (C=O) groups excluding carboxylic acids is 2. The van der Waals surface area contributed by atoms with Gasteiger partial charge in [0.1, 0.15) is 0 Å². The first-order valence-electron chi connectivity index (χ1n) is 10.2. The summed E-state index contributed by atoms with van der Waals surface area (Å²) in [6.07, 6.45) is 1.78. The highest BCUT2D eigenvalue weighted by Gasteiger charge is 2.27. The van der Waals surface area contributed by atoms with Crippen molar-refractivity contribution in [2.45, 2.75) is 20.4 Å². The molecule has 6 nitrogen and oxygen atoms in total. The second-order valence-electron chi connectivity index (χ2n) is 7.64. The van der Waals surface area contributed by atoms with Crippen LogP contribution >= 0.6 is 0 Å². The first-order valence-corrected chi connectivity index (χ1v) is 10.2. The molecule has 1 fully saturated rings. The zero-order chi connectivity index (χ0) is 21.1. The Bertz CT molecular complexity index is 1040. The monoisotopic (exact) mass is 402 g/mol. The van der Waals surface area contributed by atoms with Gasteiger partial charge in [0.2, 0.25) is 0 Å². The number of benzene rings is 1. The van der Waals surface area contributed by atoms with Gasteiger partial charge in [-0.2, -0.15) is 0 Å². The fourth-order valence-electron chi connectivity index (χ4n) is 3.96. The summed E-state index contributed by atoms with van der Waals surface area (Å²) in [7, 11) is 0. The predicted molar refractivity (Wildman–Crippen MR) is 115 cm³/mol. The third-order valence-corrected chi connectivity index (χ3v) is 5.73. The van der Waals surface area contributed by atoms with Gasteiger partial charge in [0.25, 0.3) is 11.8 Å². The maximum absolute atomic E-state index is 13.2. The summed E-state index contributed by atoms with van der Waals surface area (Å²) in [6, 6.07) is 17.1. The molecular weight excluding hydrogens is 376 g/mol. The lowest BCUT2D eigenvalue weighted by molar-refractivity contribution is 0.0535. The topological polar surface area (TPSA) is 58.4 Å². The summed E-state index contributed by atoms with van der Waals surface area (Å²) in [4.78, 5) is 33.9.